The Hall–Kier alpha value is -3.78. The molecule has 0 spiro atoms. The first-order chi connectivity index (χ1) is 14.0. The van der Waals surface area contributed by atoms with Crippen LogP contribution in [0.25, 0.3) is 33.7 Å². The van der Waals surface area contributed by atoms with Gasteiger partial charge in [-0.1, -0.05) is 54.6 Å². The zero-order valence-corrected chi connectivity index (χ0v) is 15.1. The Morgan fingerprint density at radius 2 is 1.66 bits per heavy atom. The highest BCUT2D eigenvalue weighted by Crippen LogP contribution is 2.33. The van der Waals surface area contributed by atoms with Gasteiger partial charge < -0.3 is 4.42 Å². The molecule has 5 heteroatoms. The zero-order valence-electron chi connectivity index (χ0n) is 15.1. The number of allylic oxidation sites excluding steroid dienone is 1. The summed E-state index contributed by atoms with van der Waals surface area (Å²) >= 11 is 0. The van der Waals surface area contributed by atoms with Crippen LogP contribution in [-0.4, -0.2) is 0 Å². The fraction of sp³-hybridized carbons (Fsp3) is 0.0417. The molecule has 3 aromatic carbocycles. The Labute approximate surface area is 165 Å². The van der Waals surface area contributed by atoms with Crippen LogP contribution in [0.1, 0.15) is 16.9 Å². The van der Waals surface area contributed by atoms with Crippen LogP contribution >= 0.6 is 0 Å². The Kier molecular flexibility index (Phi) is 4.69. The third-order valence-corrected chi connectivity index (χ3v) is 4.59. The number of hydrogen-bond donors (Lipinski definition) is 0. The fourth-order valence-electron chi connectivity index (χ4n) is 3.21. The van der Waals surface area contributed by atoms with Crippen molar-refractivity contribution in [3.05, 3.63) is 95.7 Å². The third kappa shape index (κ3) is 3.78. The van der Waals surface area contributed by atoms with Crippen molar-refractivity contribution in [3.8, 4) is 17.4 Å². The van der Waals surface area contributed by atoms with Crippen LogP contribution < -0.4 is 0 Å². The number of benzene rings is 3. The number of hydrogen-bond acceptors (Lipinski definition) is 2. The van der Waals surface area contributed by atoms with Gasteiger partial charge in [0, 0.05) is 11.1 Å². The van der Waals surface area contributed by atoms with E-state index in [1.54, 1.807) is 24.3 Å². The average Bonchev–Trinajstić information content (AvgIpc) is 3.20. The minimum atomic E-state index is -4.42. The molecule has 0 unspecified atom stereocenters. The number of furan rings is 1. The van der Waals surface area contributed by atoms with Crippen LogP contribution in [0.15, 0.2) is 83.3 Å². The highest BCUT2D eigenvalue weighted by Gasteiger charge is 2.30. The smallest absolute Gasteiger partial charge is 0.416 e. The first-order valence-electron chi connectivity index (χ1n) is 8.83. The maximum atomic E-state index is 12.9. The molecule has 0 atom stereocenters. The van der Waals surface area contributed by atoms with Gasteiger partial charge in [0.05, 0.1) is 17.2 Å². The van der Waals surface area contributed by atoms with Gasteiger partial charge in [-0.05, 0) is 41.1 Å². The van der Waals surface area contributed by atoms with Gasteiger partial charge in [0.15, 0.2) is 0 Å². The number of rotatable bonds is 3. The largest absolute Gasteiger partial charge is 0.457 e. The van der Waals surface area contributed by atoms with Gasteiger partial charge >= 0.3 is 6.18 Å². The number of halogens is 3. The minimum absolute atomic E-state index is 0.303. The van der Waals surface area contributed by atoms with Gasteiger partial charge in [-0.25, -0.2) is 0 Å². The molecule has 0 radical (unpaired) electrons. The molecule has 0 saturated heterocycles. The van der Waals surface area contributed by atoms with Gasteiger partial charge in [0.25, 0.3) is 0 Å². The Bertz CT molecular complexity index is 1250. The van der Waals surface area contributed by atoms with Crippen LogP contribution in [-0.2, 0) is 6.18 Å². The lowest BCUT2D eigenvalue weighted by molar-refractivity contribution is -0.137. The maximum Gasteiger partial charge on any atom is 0.416 e. The van der Waals surface area contributed by atoms with Crippen molar-refractivity contribution in [3.63, 3.8) is 0 Å². The third-order valence-electron chi connectivity index (χ3n) is 4.59. The van der Waals surface area contributed by atoms with Crippen molar-refractivity contribution in [2.45, 2.75) is 6.18 Å². The number of nitrogens with zero attached hydrogens (tertiary/aromatic N) is 1. The first kappa shape index (κ1) is 18.6. The highest BCUT2D eigenvalue weighted by atomic mass is 19.4. The summed E-state index contributed by atoms with van der Waals surface area (Å²) in [5.41, 5.74) is 0.759. The minimum Gasteiger partial charge on any atom is -0.457 e. The van der Waals surface area contributed by atoms with Gasteiger partial charge in [0.1, 0.15) is 11.5 Å². The Balaban J connectivity index is 1.73. The summed E-state index contributed by atoms with van der Waals surface area (Å²) in [7, 11) is 0. The lowest BCUT2D eigenvalue weighted by Crippen LogP contribution is -2.04. The topological polar surface area (TPSA) is 36.9 Å². The predicted octanol–water partition coefficient (Wildman–Crippen LogP) is 7.18. The molecule has 0 amide bonds. The van der Waals surface area contributed by atoms with E-state index in [0.717, 1.165) is 28.5 Å². The number of alkyl halides is 3. The zero-order chi connectivity index (χ0) is 20.4. The second-order valence-corrected chi connectivity index (χ2v) is 6.48. The molecule has 4 rings (SSSR count). The number of nitriles is 1. The summed E-state index contributed by atoms with van der Waals surface area (Å²) in [5.74, 6) is 0.694. The molecule has 4 aromatic rings. The quantitative estimate of drug-likeness (QED) is 0.348. The standard InChI is InChI=1S/C24H14F3NO/c25-24(26,27)19-8-3-7-17(13-19)23-12-11-20(29-23)14-18(15-28)22-10-4-6-16-5-1-2-9-21(16)22/h1-14H/b18-14-. The van der Waals surface area contributed by atoms with Crippen molar-refractivity contribution < 1.29 is 17.6 Å². The molecule has 0 saturated carbocycles. The van der Waals surface area contributed by atoms with Crippen LogP contribution in [0.3, 0.4) is 0 Å². The molecule has 0 bridgehead atoms. The van der Waals surface area contributed by atoms with Gasteiger partial charge in [-0.15, -0.1) is 0 Å². The number of fused-ring (bicyclic) bond motifs is 1. The second-order valence-electron chi connectivity index (χ2n) is 6.48. The molecule has 142 valence electrons. The lowest BCUT2D eigenvalue weighted by atomic mass is 9.98. The van der Waals surface area contributed by atoms with Crippen molar-refractivity contribution in [2.75, 3.05) is 0 Å². The molecular weight excluding hydrogens is 375 g/mol. The SMILES string of the molecule is N#C/C(=C/c1ccc(-c2cccc(C(F)(F)F)c2)o1)c1cccc2ccccc12. The molecule has 1 aromatic heterocycles. The van der Waals surface area contributed by atoms with E-state index in [1.165, 1.54) is 6.07 Å². The van der Waals surface area contributed by atoms with Gasteiger partial charge in [0.2, 0.25) is 0 Å². The summed E-state index contributed by atoms with van der Waals surface area (Å²) in [5, 5.41) is 11.6. The lowest BCUT2D eigenvalue weighted by Gasteiger charge is -2.07. The molecule has 0 aliphatic rings. The molecule has 0 aliphatic heterocycles. The molecule has 0 fully saturated rings. The Morgan fingerprint density at radius 1 is 0.897 bits per heavy atom. The maximum absolute atomic E-state index is 12.9. The van der Waals surface area contributed by atoms with Gasteiger partial charge in [-0.2, -0.15) is 18.4 Å². The molecule has 29 heavy (non-hydrogen) atoms. The van der Waals surface area contributed by atoms with Gasteiger partial charge in [-0.3, -0.25) is 0 Å². The molecule has 0 N–H and O–H groups in total. The predicted molar refractivity (Wildman–Crippen MR) is 107 cm³/mol. The van der Waals surface area contributed by atoms with E-state index in [4.69, 9.17) is 4.42 Å². The molecule has 0 aliphatic carbocycles. The monoisotopic (exact) mass is 389 g/mol. The van der Waals surface area contributed by atoms with Crippen molar-refractivity contribution in [1.82, 2.24) is 0 Å². The molecule has 1 heterocycles. The van der Waals surface area contributed by atoms with E-state index in [0.29, 0.717) is 22.7 Å². The summed E-state index contributed by atoms with van der Waals surface area (Å²) < 4.78 is 44.5. The van der Waals surface area contributed by atoms with Crippen LogP contribution in [0.5, 0.6) is 0 Å². The fourth-order valence-corrected chi connectivity index (χ4v) is 3.21. The van der Waals surface area contributed by atoms with Crippen LogP contribution in [0, 0.1) is 11.3 Å². The van der Waals surface area contributed by atoms with Crippen molar-refractivity contribution >= 4 is 22.4 Å². The average molecular weight is 389 g/mol. The summed E-state index contributed by atoms with van der Waals surface area (Å²) in [6.07, 6.45) is -2.83. The van der Waals surface area contributed by atoms with Crippen molar-refractivity contribution in [1.29, 1.82) is 5.26 Å². The molecule has 2 nitrogen and oxygen atoms in total. The van der Waals surface area contributed by atoms with E-state index in [9.17, 15) is 18.4 Å². The highest BCUT2D eigenvalue weighted by molar-refractivity contribution is 6.01. The summed E-state index contributed by atoms with van der Waals surface area (Å²) in [6, 6.07) is 23.8. The van der Waals surface area contributed by atoms with E-state index in [2.05, 4.69) is 6.07 Å². The normalized spacial score (nSPS) is 12.1. The molecular formula is C24H14F3NO. The second kappa shape index (κ2) is 7.33. The Morgan fingerprint density at radius 3 is 2.45 bits per heavy atom. The van der Waals surface area contributed by atoms with E-state index >= 15 is 0 Å². The van der Waals surface area contributed by atoms with E-state index < -0.39 is 11.7 Å². The van der Waals surface area contributed by atoms with Crippen LogP contribution in [0.4, 0.5) is 13.2 Å². The summed E-state index contributed by atoms with van der Waals surface area (Å²) in [4.78, 5) is 0. The van der Waals surface area contributed by atoms with E-state index in [1.807, 2.05) is 42.5 Å². The summed E-state index contributed by atoms with van der Waals surface area (Å²) in [6.45, 7) is 0. The van der Waals surface area contributed by atoms with E-state index in [-0.39, 0.29) is 0 Å². The van der Waals surface area contributed by atoms with Crippen molar-refractivity contribution in [2.24, 2.45) is 0 Å². The van der Waals surface area contributed by atoms with Crippen LogP contribution in [0.2, 0.25) is 0 Å². The first-order valence-corrected chi connectivity index (χ1v) is 8.83.